The molecule has 1 aliphatic carbocycles. The van der Waals surface area contributed by atoms with Gasteiger partial charge in [-0.05, 0) is 31.6 Å². The van der Waals surface area contributed by atoms with E-state index in [4.69, 9.17) is 10.9 Å². The van der Waals surface area contributed by atoms with Gasteiger partial charge in [-0.2, -0.15) is 0 Å². The summed E-state index contributed by atoms with van der Waals surface area (Å²) in [6, 6.07) is 0. The summed E-state index contributed by atoms with van der Waals surface area (Å²) in [6.45, 7) is 5.86. The smallest absolute Gasteiger partial charge is 0.231 e. The molecule has 0 aromatic heterocycles. The highest BCUT2D eigenvalue weighted by molar-refractivity contribution is 6.02. The van der Waals surface area contributed by atoms with Crippen molar-refractivity contribution in [1.82, 2.24) is 5.32 Å². The molecule has 0 aliphatic heterocycles. The van der Waals surface area contributed by atoms with Gasteiger partial charge in [0.1, 0.15) is 5.92 Å². The van der Waals surface area contributed by atoms with Crippen LogP contribution in [0.15, 0.2) is 5.16 Å². The van der Waals surface area contributed by atoms with Crippen LogP contribution in [0.25, 0.3) is 0 Å². The second-order valence-corrected chi connectivity index (χ2v) is 5.22. The van der Waals surface area contributed by atoms with E-state index in [1.54, 1.807) is 0 Å². The maximum Gasteiger partial charge on any atom is 0.231 e. The fourth-order valence-electron chi connectivity index (χ4n) is 2.35. The first-order chi connectivity index (χ1) is 7.95. The van der Waals surface area contributed by atoms with Crippen molar-refractivity contribution in [3.8, 4) is 0 Å². The molecular formula is C12H23N3O2. The van der Waals surface area contributed by atoms with Crippen molar-refractivity contribution in [2.24, 2.45) is 22.7 Å². The van der Waals surface area contributed by atoms with Gasteiger partial charge in [0.2, 0.25) is 5.91 Å². The van der Waals surface area contributed by atoms with E-state index in [9.17, 15) is 4.79 Å². The van der Waals surface area contributed by atoms with Crippen LogP contribution < -0.4 is 11.1 Å². The van der Waals surface area contributed by atoms with Gasteiger partial charge in [-0.1, -0.05) is 25.9 Å². The van der Waals surface area contributed by atoms with Crippen LogP contribution in [0.4, 0.5) is 0 Å². The largest absolute Gasteiger partial charge is 0.409 e. The van der Waals surface area contributed by atoms with Crippen LogP contribution in [-0.4, -0.2) is 22.5 Å². The number of nitrogens with one attached hydrogen (secondary N) is 1. The quantitative estimate of drug-likeness (QED) is 0.295. The Morgan fingerprint density at radius 1 is 1.53 bits per heavy atom. The third-order valence-corrected chi connectivity index (χ3v) is 3.76. The van der Waals surface area contributed by atoms with Crippen LogP contribution in [0.5, 0.6) is 0 Å². The van der Waals surface area contributed by atoms with Gasteiger partial charge in [0, 0.05) is 5.54 Å². The lowest BCUT2D eigenvalue weighted by atomic mass is 9.74. The number of nitrogens with zero attached hydrogens (tertiary/aromatic N) is 1. The van der Waals surface area contributed by atoms with Crippen LogP contribution in [0.3, 0.4) is 0 Å². The van der Waals surface area contributed by atoms with E-state index in [-0.39, 0.29) is 23.2 Å². The Morgan fingerprint density at radius 3 is 2.41 bits per heavy atom. The molecule has 0 heterocycles. The van der Waals surface area contributed by atoms with E-state index in [2.05, 4.69) is 17.4 Å². The summed E-state index contributed by atoms with van der Waals surface area (Å²) in [5.74, 6) is -0.677. The van der Waals surface area contributed by atoms with Gasteiger partial charge < -0.3 is 16.3 Å². The van der Waals surface area contributed by atoms with E-state index in [0.29, 0.717) is 0 Å². The van der Waals surface area contributed by atoms with Crippen molar-refractivity contribution < 1.29 is 10.0 Å². The van der Waals surface area contributed by atoms with Gasteiger partial charge in [-0.3, -0.25) is 4.79 Å². The minimum Gasteiger partial charge on any atom is -0.409 e. The van der Waals surface area contributed by atoms with Crippen LogP contribution in [0.2, 0.25) is 0 Å². The molecule has 1 saturated carbocycles. The van der Waals surface area contributed by atoms with Gasteiger partial charge in [0.25, 0.3) is 0 Å². The first kappa shape index (κ1) is 13.8. The highest BCUT2D eigenvalue weighted by Gasteiger charge is 2.39. The van der Waals surface area contributed by atoms with Crippen LogP contribution in [-0.2, 0) is 4.79 Å². The molecule has 4 N–H and O–H groups in total. The molecule has 1 atom stereocenters. The zero-order chi connectivity index (χ0) is 13.1. The van der Waals surface area contributed by atoms with Crippen LogP contribution >= 0.6 is 0 Å². The van der Waals surface area contributed by atoms with Crippen molar-refractivity contribution in [1.29, 1.82) is 0 Å². The highest BCUT2D eigenvalue weighted by Crippen LogP contribution is 2.35. The van der Waals surface area contributed by atoms with E-state index >= 15 is 0 Å². The van der Waals surface area contributed by atoms with E-state index < -0.39 is 5.92 Å². The Labute approximate surface area is 102 Å². The summed E-state index contributed by atoms with van der Waals surface area (Å²) in [5.41, 5.74) is 5.52. The fraction of sp³-hybridized carbons (Fsp3) is 0.833. The summed E-state index contributed by atoms with van der Waals surface area (Å²) < 4.78 is 0. The van der Waals surface area contributed by atoms with Crippen molar-refractivity contribution in [3.05, 3.63) is 0 Å². The lowest BCUT2D eigenvalue weighted by Crippen LogP contribution is -2.56. The normalized spacial score (nSPS) is 20.8. The third kappa shape index (κ3) is 2.90. The topological polar surface area (TPSA) is 87.7 Å². The lowest BCUT2D eigenvalue weighted by molar-refractivity contribution is -0.127. The van der Waals surface area contributed by atoms with Crippen LogP contribution in [0.1, 0.15) is 46.5 Å². The molecule has 0 aromatic carbocycles. The number of amidine groups is 1. The molecule has 5 heteroatoms. The summed E-state index contributed by atoms with van der Waals surface area (Å²) in [4.78, 5) is 12.2. The Morgan fingerprint density at radius 2 is 2.12 bits per heavy atom. The van der Waals surface area contributed by atoms with Gasteiger partial charge in [0.05, 0.1) is 0 Å². The average molecular weight is 241 g/mol. The Hall–Kier alpha value is -1.26. The highest BCUT2D eigenvalue weighted by atomic mass is 16.4. The maximum atomic E-state index is 12.2. The molecule has 1 fully saturated rings. The van der Waals surface area contributed by atoms with Crippen LogP contribution in [0, 0.1) is 11.8 Å². The predicted octanol–water partition coefficient (Wildman–Crippen LogP) is 1.45. The van der Waals surface area contributed by atoms with E-state index in [0.717, 1.165) is 25.7 Å². The molecule has 0 spiro atoms. The zero-order valence-corrected chi connectivity index (χ0v) is 10.9. The second kappa shape index (κ2) is 5.38. The number of carbonyl (C=O) groups is 1. The molecule has 98 valence electrons. The average Bonchev–Trinajstić information content (AvgIpc) is 2.22. The van der Waals surface area contributed by atoms with Gasteiger partial charge in [-0.25, -0.2) is 0 Å². The molecule has 1 unspecified atom stereocenters. The SMILES string of the molecule is CCC1(NC(=O)C(C(N)=NO)C(C)C)CCC1. The summed E-state index contributed by atoms with van der Waals surface area (Å²) in [7, 11) is 0. The zero-order valence-electron chi connectivity index (χ0n) is 10.9. The molecule has 1 rings (SSSR count). The van der Waals surface area contributed by atoms with Crippen molar-refractivity contribution >= 4 is 11.7 Å². The molecule has 0 saturated heterocycles. The maximum absolute atomic E-state index is 12.2. The molecule has 0 aromatic rings. The number of nitrogens with two attached hydrogens (primary N) is 1. The van der Waals surface area contributed by atoms with Gasteiger partial charge in [-0.15, -0.1) is 0 Å². The monoisotopic (exact) mass is 241 g/mol. The molecule has 0 bridgehead atoms. The minimum atomic E-state index is -0.552. The minimum absolute atomic E-state index is 0.0110. The summed E-state index contributed by atoms with van der Waals surface area (Å²) in [5, 5.41) is 14.7. The number of hydrogen-bond acceptors (Lipinski definition) is 3. The first-order valence-corrected chi connectivity index (χ1v) is 6.25. The Bertz CT molecular complexity index is 303. The molecule has 17 heavy (non-hydrogen) atoms. The van der Waals surface area contributed by atoms with Gasteiger partial charge in [0.15, 0.2) is 5.84 Å². The Kier molecular flexibility index (Phi) is 4.37. The molecule has 1 aliphatic rings. The van der Waals surface area contributed by atoms with E-state index in [1.165, 1.54) is 0 Å². The second-order valence-electron chi connectivity index (χ2n) is 5.22. The third-order valence-electron chi connectivity index (χ3n) is 3.76. The van der Waals surface area contributed by atoms with Gasteiger partial charge >= 0.3 is 0 Å². The number of amides is 1. The lowest BCUT2D eigenvalue weighted by Gasteiger charge is -2.43. The van der Waals surface area contributed by atoms with E-state index in [1.807, 2.05) is 13.8 Å². The molecule has 1 amide bonds. The molecule has 5 nitrogen and oxygen atoms in total. The first-order valence-electron chi connectivity index (χ1n) is 6.25. The summed E-state index contributed by atoms with van der Waals surface area (Å²) >= 11 is 0. The summed E-state index contributed by atoms with van der Waals surface area (Å²) in [6.07, 6.45) is 4.14. The number of oxime groups is 1. The molecular weight excluding hydrogens is 218 g/mol. The molecule has 0 radical (unpaired) electrons. The standard InChI is InChI=1S/C12H23N3O2/c1-4-12(6-5-7-12)14-11(16)9(8(2)3)10(13)15-17/h8-9,17H,4-7H2,1-3H3,(H2,13,15)(H,14,16). The van der Waals surface area contributed by atoms with Crippen molar-refractivity contribution in [3.63, 3.8) is 0 Å². The Balaban J connectivity index is 2.72. The van der Waals surface area contributed by atoms with Crippen molar-refractivity contribution in [2.75, 3.05) is 0 Å². The predicted molar refractivity (Wildman–Crippen MR) is 66.8 cm³/mol. The fourth-order valence-corrected chi connectivity index (χ4v) is 2.35. The number of rotatable bonds is 5. The van der Waals surface area contributed by atoms with Crippen molar-refractivity contribution in [2.45, 2.75) is 52.0 Å². The number of hydrogen-bond donors (Lipinski definition) is 3. The number of carbonyl (C=O) groups excluding carboxylic acids is 1.